The Kier molecular flexibility index (Phi) is 4.43. The third kappa shape index (κ3) is 3.40. The second-order valence-corrected chi connectivity index (χ2v) is 5.33. The number of carboxylic acid groups (broad SMARTS) is 1. The van der Waals surface area contributed by atoms with Crippen LogP contribution in [0.25, 0.3) is 0 Å². The Morgan fingerprint density at radius 1 is 1.41 bits per heavy atom. The first-order chi connectivity index (χ1) is 10.2. The number of carboxylic acids is 1. The molecule has 1 unspecified atom stereocenters. The van der Waals surface area contributed by atoms with E-state index in [1.807, 2.05) is 0 Å². The summed E-state index contributed by atoms with van der Waals surface area (Å²) in [4.78, 5) is 21.7. The van der Waals surface area contributed by atoms with Gasteiger partial charge in [-0.25, -0.2) is 0 Å². The molecule has 1 heterocycles. The molecule has 0 saturated carbocycles. The molecule has 2 rings (SSSR count). The van der Waals surface area contributed by atoms with Crippen molar-refractivity contribution < 1.29 is 27.9 Å². The molecule has 9 heteroatoms. The van der Waals surface area contributed by atoms with Crippen LogP contribution in [0.2, 0.25) is 0 Å². The zero-order valence-corrected chi connectivity index (χ0v) is 11.7. The fourth-order valence-electron chi connectivity index (χ4n) is 2.89. The summed E-state index contributed by atoms with van der Waals surface area (Å²) < 4.78 is 40.7. The van der Waals surface area contributed by atoms with Crippen molar-refractivity contribution in [2.45, 2.75) is 50.7 Å². The monoisotopic (exact) mass is 319 g/mol. The fourth-order valence-corrected chi connectivity index (χ4v) is 2.89. The molecule has 1 aliphatic rings. The number of aromatic nitrogens is 2. The number of aliphatic carboxylic acids is 1. The van der Waals surface area contributed by atoms with Crippen molar-refractivity contribution in [1.29, 1.82) is 0 Å². The number of carbonyl (C=O) groups excluding carboxylic acids is 1. The molecule has 0 radical (unpaired) electrons. The minimum Gasteiger partial charge on any atom is -0.481 e. The molecule has 0 aromatic carbocycles. The van der Waals surface area contributed by atoms with Crippen molar-refractivity contribution >= 4 is 11.9 Å². The molecule has 0 bridgehead atoms. The lowest BCUT2D eigenvalue weighted by atomic mass is 9.83. The predicted octanol–water partition coefficient (Wildman–Crippen LogP) is 1.67. The molecule has 122 valence electrons. The van der Waals surface area contributed by atoms with Crippen LogP contribution < -0.4 is 5.73 Å². The molecule has 0 fully saturated rings. The number of carbonyl (C=O) groups is 2. The van der Waals surface area contributed by atoms with Crippen LogP contribution in [-0.4, -0.2) is 26.8 Å². The maximum absolute atomic E-state index is 13.2. The molecule has 6 nitrogen and oxygen atoms in total. The van der Waals surface area contributed by atoms with Crippen molar-refractivity contribution in [2.24, 2.45) is 5.73 Å². The van der Waals surface area contributed by atoms with Gasteiger partial charge in [-0.15, -0.1) is 0 Å². The van der Waals surface area contributed by atoms with E-state index in [0.29, 0.717) is 25.0 Å². The van der Waals surface area contributed by atoms with Gasteiger partial charge < -0.3 is 10.8 Å². The quantitative estimate of drug-likeness (QED) is 0.862. The summed E-state index contributed by atoms with van der Waals surface area (Å²) in [5, 5.41) is 12.5. The maximum Gasteiger partial charge on any atom is 0.435 e. The largest absolute Gasteiger partial charge is 0.481 e. The molecule has 1 atom stereocenters. The Balaban J connectivity index is 2.46. The molecule has 1 aliphatic carbocycles. The average Bonchev–Trinajstić information content (AvgIpc) is 2.75. The Morgan fingerprint density at radius 2 is 2.09 bits per heavy atom. The molecule has 0 saturated heterocycles. The molecule has 0 spiro atoms. The highest BCUT2D eigenvalue weighted by molar-refractivity contribution is 5.73. The van der Waals surface area contributed by atoms with Crippen LogP contribution in [0.1, 0.15) is 48.6 Å². The van der Waals surface area contributed by atoms with Crippen molar-refractivity contribution in [3.05, 3.63) is 17.0 Å². The van der Waals surface area contributed by atoms with E-state index in [2.05, 4.69) is 5.10 Å². The smallest absolute Gasteiger partial charge is 0.435 e. The number of fused-ring (bicyclic) bond motifs is 1. The van der Waals surface area contributed by atoms with Gasteiger partial charge >= 0.3 is 12.1 Å². The van der Waals surface area contributed by atoms with E-state index >= 15 is 0 Å². The highest BCUT2D eigenvalue weighted by atomic mass is 19.4. The second kappa shape index (κ2) is 5.98. The summed E-state index contributed by atoms with van der Waals surface area (Å²) in [6, 6.07) is 0. The summed E-state index contributed by atoms with van der Waals surface area (Å²) in [5.41, 5.74) is 4.31. The van der Waals surface area contributed by atoms with Crippen molar-refractivity contribution in [2.75, 3.05) is 0 Å². The Hall–Kier alpha value is -2.06. The standard InChI is InChI=1S/C13H16F3N3O3/c14-13(15,16)12-11-7(6-10(21)22)2-1-3-8(11)19(18-12)5-4-9(17)20/h7H,1-6H2,(H2,17,20)(H,21,22). The normalized spacial score (nSPS) is 18.0. The Morgan fingerprint density at radius 3 is 2.64 bits per heavy atom. The van der Waals surface area contributed by atoms with Crippen LogP contribution in [-0.2, 0) is 28.7 Å². The minimum atomic E-state index is -4.66. The zero-order chi connectivity index (χ0) is 16.5. The maximum atomic E-state index is 13.2. The van der Waals surface area contributed by atoms with Crippen molar-refractivity contribution in [3.8, 4) is 0 Å². The van der Waals surface area contributed by atoms with Crippen LogP contribution in [0.4, 0.5) is 13.2 Å². The molecule has 0 aliphatic heterocycles. The number of amides is 1. The highest BCUT2D eigenvalue weighted by Crippen LogP contribution is 2.42. The summed E-state index contributed by atoms with van der Waals surface area (Å²) in [7, 11) is 0. The second-order valence-electron chi connectivity index (χ2n) is 5.33. The van der Waals surface area contributed by atoms with E-state index in [4.69, 9.17) is 10.8 Å². The van der Waals surface area contributed by atoms with Crippen molar-refractivity contribution in [1.82, 2.24) is 9.78 Å². The third-order valence-electron chi connectivity index (χ3n) is 3.73. The van der Waals surface area contributed by atoms with Gasteiger partial charge in [0.1, 0.15) is 0 Å². The van der Waals surface area contributed by atoms with E-state index in [0.717, 1.165) is 4.68 Å². The lowest BCUT2D eigenvalue weighted by Gasteiger charge is -2.23. The predicted molar refractivity (Wildman–Crippen MR) is 69.0 cm³/mol. The topological polar surface area (TPSA) is 98.2 Å². The van der Waals surface area contributed by atoms with Gasteiger partial charge in [0.25, 0.3) is 0 Å². The molecule has 22 heavy (non-hydrogen) atoms. The summed E-state index contributed by atoms with van der Waals surface area (Å²) in [5.74, 6) is -2.48. The molecule has 1 aromatic heterocycles. The first-order valence-electron chi connectivity index (χ1n) is 6.87. The van der Waals surface area contributed by atoms with Gasteiger partial charge in [-0.2, -0.15) is 18.3 Å². The summed E-state index contributed by atoms with van der Waals surface area (Å²) >= 11 is 0. The number of primary amides is 1. The number of alkyl halides is 3. The van der Waals surface area contributed by atoms with Gasteiger partial charge in [-0.05, 0) is 25.2 Å². The number of hydrogen-bond acceptors (Lipinski definition) is 3. The lowest BCUT2D eigenvalue weighted by molar-refractivity contribution is -0.143. The van der Waals surface area contributed by atoms with Gasteiger partial charge in [0, 0.05) is 24.2 Å². The van der Waals surface area contributed by atoms with Gasteiger partial charge in [0.15, 0.2) is 5.69 Å². The van der Waals surface area contributed by atoms with E-state index in [1.54, 1.807) is 0 Å². The van der Waals surface area contributed by atoms with Crippen LogP contribution in [0.5, 0.6) is 0 Å². The molecular weight excluding hydrogens is 303 g/mol. The Bertz CT molecular complexity index is 595. The molecular formula is C13H16F3N3O3. The van der Waals surface area contributed by atoms with Crippen LogP contribution in [0.15, 0.2) is 0 Å². The minimum absolute atomic E-state index is 0.0342. The van der Waals surface area contributed by atoms with Crippen LogP contribution >= 0.6 is 0 Å². The number of rotatable bonds is 5. The van der Waals surface area contributed by atoms with Crippen LogP contribution in [0, 0.1) is 0 Å². The number of nitrogens with zero attached hydrogens (tertiary/aromatic N) is 2. The third-order valence-corrected chi connectivity index (χ3v) is 3.73. The van der Waals surface area contributed by atoms with E-state index in [9.17, 15) is 22.8 Å². The Labute approximate surface area is 124 Å². The van der Waals surface area contributed by atoms with Gasteiger partial charge in [0.2, 0.25) is 5.91 Å². The summed E-state index contributed by atoms with van der Waals surface area (Å²) in [6.07, 6.45) is -3.79. The van der Waals surface area contributed by atoms with Gasteiger partial charge in [0.05, 0.1) is 6.42 Å². The van der Waals surface area contributed by atoms with Gasteiger partial charge in [-0.3, -0.25) is 14.3 Å². The SMILES string of the molecule is NC(=O)CCn1nc(C(F)(F)F)c2c1CCCC2CC(=O)O. The summed E-state index contributed by atoms with van der Waals surface area (Å²) in [6.45, 7) is -0.0342. The zero-order valence-electron chi connectivity index (χ0n) is 11.7. The van der Waals surface area contributed by atoms with E-state index in [-0.39, 0.29) is 24.9 Å². The molecule has 1 amide bonds. The molecule has 1 aromatic rings. The fraction of sp³-hybridized carbons (Fsp3) is 0.615. The van der Waals surface area contributed by atoms with E-state index < -0.39 is 29.7 Å². The average molecular weight is 319 g/mol. The molecule has 3 N–H and O–H groups in total. The number of hydrogen-bond donors (Lipinski definition) is 2. The first kappa shape index (κ1) is 16.3. The van der Waals surface area contributed by atoms with Crippen molar-refractivity contribution in [3.63, 3.8) is 0 Å². The number of halogens is 3. The van der Waals surface area contributed by atoms with Gasteiger partial charge in [-0.1, -0.05) is 0 Å². The first-order valence-corrected chi connectivity index (χ1v) is 6.87. The van der Waals surface area contributed by atoms with Crippen LogP contribution in [0.3, 0.4) is 0 Å². The highest BCUT2D eigenvalue weighted by Gasteiger charge is 2.42. The van der Waals surface area contributed by atoms with E-state index in [1.165, 1.54) is 0 Å². The number of aryl methyl sites for hydroxylation is 1. The number of nitrogens with two attached hydrogens (primary N) is 1. The lowest BCUT2D eigenvalue weighted by Crippen LogP contribution is -2.19.